The van der Waals surface area contributed by atoms with Crippen molar-refractivity contribution in [1.29, 1.82) is 0 Å². The molecular weight excluding hydrogens is 305 g/mol. The average Bonchev–Trinajstić information content (AvgIpc) is 2.51. The number of nitrogens with zero attached hydrogens (tertiary/aromatic N) is 1. The molecule has 0 aliphatic heterocycles. The molecule has 0 aliphatic carbocycles. The minimum atomic E-state index is -4.03. The summed E-state index contributed by atoms with van der Waals surface area (Å²) in [4.78, 5) is -0.353. The van der Waals surface area contributed by atoms with Gasteiger partial charge in [0.1, 0.15) is 10.7 Å². The van der Waals surface area contributed by atoms with E-state index in [2.05, 4.69) is 0 Å². The number of aryl methyl sites for hydroxylation is 1. The van der Waals surface area contributed by atoms with Crippen molar-refractivity contribution in [1.82, 2.24) is 0 Å². The van der Waals surface area contributed by atoms with Crippen molar-refractivity contribution >= 4 is 15.7 Å². The van der Waals surface area contributed by atoms with Crippen molar-refractivity contribution in [2.24, 2.45) is 0 Å². The second-order valence-corrected chi connectivity index (χ2v) is 6.75. The summed E-state index contributed by atoms with van der Waals surface area (Å²) in [6.45, 7) is 1.64. The summed E-state index contributed by atoms with van der Waals surface area (Å²) >= 11 is 0. The lowest BCUT2D eigenvalue weighted by Gasteiger charge is -2.24. The van der Waals surface area contributed by atoms with Gasteiger partial charge in [-0.3, -0.25) is 4.31 Å². The molecule has 0 aliphatic rings. The number of anilines is 1. The molecule has 118 valence electrons. The van der Waals surface area contributed by atoms with Crippen LogP contribution < -0.4 is 4.31 Å². The number of sulfonamides is 1. The number of para-hydroxylation sites is 1. The Hall–Kier alpha value is -1.92. The molecule has 2 aromatic rings. The Kier molecular flexibility index (Phi) is 5.15. The second-order valence-electron chi connectivity index (χ2n) is 4.92. The van der Waals surface area contributed by atoms with E-state index in [4.69, 9.17) is 5.11 Å². The van der Waals surface area contributed by atoms with Gasteiger partial charge in [0.15, 0.2) is 0 Å². The molecule has 0 atom stereocenters. The van der Waals surface area contributed by atoms with Gasteiger partial charge in [0.05, 0.1) is 5.69 Å². The van der Waals surface area contributed by atoms with E-state index in [1.165, 1.54) is 12.1 Å². The Labute approximate surface area is 129 Å². The van der Waals surface area contributed by atoms with Crippen LogP contribution >= 0.6 is 0 Å². The van der Waals surface area contributed by atoms with E-state index >= 15 is 0 Å². The van der Waals surface area contributed by atoms with Gasteiger partial charge in [-0.2, -0.15) is 0 Å². The zero-order chi connectivity index (χ0) is 16.2. The Morgan fingerprint density at radius 2 is 1.82 bits per heavy atom. The molecule has 0 fully saturated rings. The highest BCUT2D eigenvalue weighted by atomic mass is 32.2. The van der Waals surface area contributed by atoms with Crippen molar-refractivity contribution < 1.29 is 17.9 Å². The zero-order valence-corrected chi connectivity index (χ0v) is 13.1. The summed E-state index contributed by atoms with van der Waals surface area (Å²) in [6.07, 6.45) is 0.265. The topological polar surface area (TPSA) is 57.6 Å². The molecule has 0 saturated heterocycles. The highest BCUT2D eigenvalue weighted by Crippen LogP contribution is 2.26. The molecule has 6 heteroatoms. The number of hydrogen-bond donors (Lipinski definition) is 1. The molecule has 0 unspecified atom stereocenters. The number of aliphatic hydroxyl groups excluding tert-OH is 1. The van der Waals surface area contributed by atoms with Gasteiger partial charge in [-0.1, -0.05) is 24.3 Å². The van der Waals surface area contributed by atoms with E-state index in [1.54, 1.807) is 37.3 Å². The van der Waals surface area contributed by atoms with Crippen LogP contribution in [0.3, 0.4) is 0 Å². The molecule has 2 aromatic carbocycles. The van der Waals surface area contributed by atoms with Crippen molar-refractivity contribution in [2.75, 3.05) is 17.5 Å². The quantitative estimate of drug-likeness (QED) is 0.889. The predicted molar refractivity (Wildman–Crippen MR) is 83.8 cm³/mol. The van der Waals surface area contributed by atoms with E-state index in [0.29, 0.717) is 11.3 Å². The van der Waals surface area contributed by atoms with Gasteiger partial charge in [-0.25, -0.2) is 12.8 Å². The SMILES string of the molecule is Cc1ccc(F)c(S(=O)(=O)N(CCCO)c2ccccc2)c1. The third kappa shape index (κ3) is 3.45. The lowest BCUT2D eigenvalue weighted by Crippen LogP contribution is -2.33. The van der Waals surface area contributed by atoms with E-state index in [-0.39, 0.29) is 24.5 Å². The average molecular weight is 323 g/mol. The first-order chi connectivity index (χ1) is 10.5. The van der Waals surface area contributed by atoms with Gasteiger partial charge in [-0.15, -0.1) is 0 Å². The fraction of sp³-hybridized carbons (Fsp3) is 0.250. The fourth-order valence-corrected chi connectivity index (χ4v) is 3.78. The third-order valence-electron chi connectivity index (χ3n) is 3.22. The Morgan fingerprint density at radius 3 is 2.45 bits per heavy atom. The molecule has 0 heterocycles. The summed E-state index contributed by atoms with van der Waals surface area (Å²) in [7, 11) is -4.03. The number of benzene rings is 2. The smallest absolute Gasteiger partial charge is 0.267 e. The van der Waals surface area contributed by atoms with Gasteiger partial charge in [-0.05, 0) is 43.2 Å². The molecule has 0 spiro atoms. The summed E-state index contributed by atoms with van der Waals surface area (Å²) in [5.74, 6) is -0.782. The van der Waals surface area contributed by atoms with Crippen LogP contribution in [0.5, 0.6) is 0 Å². The Morgan fingerprint density at radius 1 is 1.14 bits per heavy atom. The van der Waals surface area contributed by atoms with Crippen LogP contribution in [-0.4, -0.2) is 26.7 Å². The first-order valence-corrected chi connectivity index (χ1v) is 8.35. The lowest BCUT2D eigenvalue weighted by molar-refractivity contribution is 0.291. The molecule has 2 rings (SSSR count). The van der Waals surface area contributed by atoms with Gasteiger partial charge in [0.2, 0.25) is 0 Å². The number of aliphatic hydroxyl groups is 1. The summed E-state index contributed by atoms with van der Waals surface area (Å²) in [6, 6.07) is 12.5. The minimum absolute atomic E-state index is 0.0796. The van der Waals surface area contributed by atoms with Crippen LogP contribution in [0.4, 0.5) is 10.1 Å². The fourth-order valence-electron chi connectivity index (χ4n) is 2.12. The maximum atomic E-state index is 14.0. The largest absolute Gasteiger partial charge is 0.396 e. The van der Waals surface area contributed by atoms with Gasteiger partial charge in [0.25, 0.3) is 10.0 Å². The van der Waals surface area contributed by atoms with E-state index in [9.17, 15) is 12.8 Å². The normalized spacial score (nSPS) is 11.4. The van der Waals surface area contributed by atoms with Crippen molar-refractivity contribution in [3.05, 3.63) is 59.9 Å². The number of rotatable bonds is 6. The molecule has 0 saturated carbocycles. The summed E-state index contributed by atoms with van der Waals surface area (Å²) in [5.41, 5.74) is 1.10. The van der Waals surface area contributed by atoms with Crippen LogP contribution in [0.25, 0.3) is 0 Å². The first kappa shape index (κ1) is 16.5. The first-order valence-electron chi connectivity index (χ1n) is 6.91. The molecule has 0 aromatic heterocycles. The number of hydrogen-bond acceptors (Lipinski definition) is 3. The van der Waals surface area contributed by atoms with Crippen molar-refractivity contribution in [2.45, 2.75) is 18.2 Å². The minimum Gasteiger partial charge on any atom is -0.396 e. The van der Waals surface area contributed by atoms with E-state index in [1.807, 2.05) is 0 Å². The predicted octanol–water partition coefficient (Wildman–Crippen LogP) is 2.71. The van der Waals surface area contributed by atoms with Crippen LogP contribution in [0, 0.1) is 12.7 Å². The zero-order valence-electron chi connectivity index (χ0n) is 12.2. The van der Waals surface area contributed by atoms with E-state index in [0.717, 1.165) is 10.4 Å². The van der Waals surface area contributed by atoms with Crippen LogP contribution in [-0.2, 0) is 10.0 Å². The summed E-state index contributed by atoms with van der Waals surface area (Å²) < 4.78 is 40.8. The Balaban J connectivity index is 2.52. The van der Waals surface area contributed by atoms with Crippen LogP contribution in [0.2, 0.25) is 0 Å². The third-order valence-corrected chi connectivity index (χ3v) is 5.06. The Bertz CT molecular complexity index is 732. The summed E-state index contributed by atoms with van der Waals surface area (Å²) in [5, 5.41) is 9.00. The number of halogens is 1. The molecule has 1 N–H and O–H groups in total. The lowest BCUT2D eigenvalue weighted by atomic mass is 10.2. The second kappa shape index (κ2) is 6.89. The highest BCUT2D eigenvalue weighted by Gasteiger charge is 2.27. The standard InChI is InChI=1S/C16H18FNO3S/c1-13-8-9-15(17)16(12-13)22(20,21)18(10-5-11-19)14-6-3-2-4-7-14/h2-4,6-9,12,19H,5,10-11H2,1H3. The van der Waals surface area contributed by atoms with Crippen molar-refractivity contribution in [3.8, 4) is 0 Å². The molecule has 4 nitrogen and oxygen atoms in total. The maximum absolute atomic E-state index is 14.0. The van der Waals surface area contributed by atoms with Gasteiger partial charge in [0, 0.05) is 13.2 Å². The van der Waals surface area contributed by atoms with Gasteiger partial charge >= 0.3 is 0 Å². The highest BCUT2D eigenvalue weighted by molar-refractivity contribution is 7.92. The van der Waals surface area contributed by atoms with Gasteiger partial charge < -0.3 is 5.11 Å². The van der Waals surface area contributed by atoms with Crippen LogP contribution in [0.15, 0.2) is 53.4 Å². The molecule has 0 radical (unpaired) electrons. The maximum Gasteiger partial charge on any atom is 0.267 e. The van der Waals surface area contributed by atoms with Crippen molar-refractivity contribution in [3.63, 3.8) is 0 Å². The van der Waals surface area contributed by atoms with Crippen LogP contribution in [0.1, 0.15) is 12.0 Å². The monoisotopic (exact) mass is 323 g/mol. The molecule has 22 heavy (non-hydrogen) atoms. The molecule has 0 bridgehead atoms. The molecular formula is C16H18FNO3S. The van der Waals surface area contributed by atoms with E-state index < -0.39 is 15.8 Å². The molecule has 0 amide bonds.